The zero-order valence-electron chi connectivity index (χ0n) is 17.9. The molecule has 0 radical (unpaired) electrons. The molecule has 3 rings (SSSR count). The number of nitrogens with one attached hydrogen (secondary N) is 2. The lowest BCUT2D eigenvalue weighted by Crippen LogP contribution is -2.41. The quantitative estimate of drug-likeness (QED) is 0.469. The third-order valence-corrected chi connectivity index (χ3v) is 5.22. The van der Waals surface area contributed by atoms with E-state index in [1.54, 1.807) is 0 Å². The molecule has 0 saturated carbocycles. The van der Waals surface area contributed by atoms with Gasteiger partial charge in [-0.3, -0.25) is 4.79 Å². The first-order valence-corrected chi connectivity index (χ1v) is 10.5. The van der Waals surface area contributed by atoms with E-state index in [-0.39, 0.29) is 16.5 Å². The number of rotatable bonds is 6. The molecule has 1 aliphatic rings. The van der Waals surface area contributed by atoms with Crippen LogP contribution in [0.25, 0.3) is 0 Å². The number of aliphatic carboxylic acids is 2. The maximum atomic E-state index is 13.1. The molecule has 0 spiro atoms. The molecule has 1 heterocycles. The molecule has 0 atom stereocenters. The summed E-state index contributed by atoms with van der Waals surface area (Å²) in [4.78, 5) is 33.7. The fourth-order valence-corrected chi connectivity index (χ4v) is 3.48. The minimum atomic E-state index is -1.26. The fourth-order valence-electron chi connectivity index (χ4n) is 3.22. The van der Waals surface area contributed by atoms with Crippen LogP contribution in [0.2, 0.25) is 5.02 Å². The van der Waals surface area contributed by atoms with Gasteiger partial charge in [0.25, 0.3) is 5.91 Å². The second-order valence-corrected chi connectivity index (χ2v) is 7.64. The van der Waals surface area contributed by atoms with Crippen molar-refractivity contribution >= 4 is 40.8 Å². The predicted molar refractivity (Wildman–Crippen MR) is 125 cm³/mol. The van der Waals surface area contributed by atoms with Crippen molar-refractivity contribution in [3.63, 3.8) is 0 Å². The molecule has 2 aromatic rings. The highest BCUT2D eigenvalue weighted by Gasteiger charge is 2.18. The van der Waals surface area contributed by atoms with E-state index >= 15 is 0 Å². The van der Waals surface area contributed by atoms with Crippen molar-refractivity contribution in [1.29, 1.82) is 0 Å². The van der Waals surface area contributed by atoms with Crippen LogP contribution in [0.5, 0.6) is 0 Å². The highest BCUT2D eigenvalue weighted by Crippen LogP contribution is 2.24. The van der Waals surface area contributed by atoms with Crippen LogP contribution in [-0.4, -0.2) is 54.2 Å². The lowest BCUT2D eigenvalue weighted by molar-refractivity contribution is -0.134. The first-order valence-electron chi connectivity index (χ1n) is 10.1. The third-order valence-electron chi connectivity index (χ3n) is 4.91. The fraction of sp³-hybridized carbons (Fsp3) is 0.261. The Morgan fingerprint density at radius 3 is 2.30 bits per heavy atom. The molecule has 0 aliphatic carbocycles. The molecule has 33 heavy (non-hydrogen) atoms. The molecule has 1 aliphatic heterocycles. The van der Waals surface area contributed by atoms with E-state index in [1.165, 1.54) is 12.1 Å². The minimum absolute atomic E-state index is 0.0977. The van der Waals surface area contributed by atoms with Gasteiger partial charge in [-0.05, 0) is 62.3 Å². The second-order valence-electron chi connectivity index (χ2n) is 7.23. The largest absolute Gasteiger partial charge is 0.478 e. The molecule has 10 heteroatoms. The summed E-state index contributed by atoms with van der Waals surface area (Å²) < 4.78 is 13.1. The first kappa shape index (κ1) is 25.8. The van der Waals surface area contributed by atoms with E-state index in [1.807, 2.05) is 24.3 Å². The van der Waals surface area contributed by atoms with Crippen LogP contribution in [0.15, 0.2) is 54.6 Å². The smallest absolute Gasteiger partial charge is 0.328 e. The van der Waals surface area contributed by atoms with Crippen LogP contribution in [0.4, 0.5) is 15.8 Å². The lowest BCUT2D eigenvalue weighted by atomic mass is 10.0. The zero-order valence-corrected chi connectivity index (χ0v) is 18.7. The maximum Gasteiger partial charge on any atom is 0.328 e. The van der Waals surface area contributed by atoms with Gasteiger partial charge in [0, 0.05) is 36.6 Å². The van der Waals surface area contributed by atoms with Crippen molar-refractivity contribution in [3.8, 4) is 0 Å². The molecule has 176 valence electrons. The number of hydrogen-bond donors (Lipinski definition) is 4. The monoisotopic (exact) mass is 477 g/mol. The molecule has 0 aromatic heterocycles. The van der Waals surface area contributed by atoms with Crippen LogP contribution in [0.3, 0.4) is 0 Å². The average Bonchev–Trinajstić information content (AvgIpc) is 2.78. The van der Waals surface area contributed by atoms with Crippen LogP contribution >= 0.6 is 11.6 Å². The molecule has 8 nitrogen and oxygen atoms in total. The van der Waals surface area contributed by atoms with Gasteiger partial charge in [0.05, 0.1) is 10.6 Å². The summed E-state index contributed by atoms with van der Waals surface area (Å²) in [5.41, 5.74) is 1.98. The van der Waals surface area contributed by atoms with Crippen LogP contribution < -0.4 is 15.5 Å². The average molecular weight is 478 g/mol. The SMILES string of the molecule is CN(c1cccc(NC(=O)c2ccc(F)cc2Cl)c1)C1CCNCC1.O=C(O)/C=C/C(=O)O. The highest BCUT2D eigenvalue weighted by atomic mass is 35.5. The van der Waals surface area contributed by atoms with Crippen molar-refractivity contribution in [2.24, 2.45) is 0 Å². The first-order chi connectivity index (χ1) is 15.7. The number of benzene rings is 2. The molecule has 1 saturated heterocycles. The van der Waals surface area contributed by atoms with Gasteiger partial charge in [0.2, 0.25) is 0 Å². The number of carbonyl (C=O) groups is 3. The maximum absolute atomic E-state index is 13.1. The van der Waals surface area contributed by atoms with Crippen molar-refractivity contribution in [3.05, 3.63) is 71.0 Å². The van der Waals surface area contributed by atoms with Gasteiger partial charge in [-0.2, -0.15) is 0 Å². The summed E-state index contributed by atoms with van der Waals surface area (Å²) >= 11 is 5.96. The summed E-state index contributed by atoms with van der Waals surface area (Å²) in [6.07, 6.45) is 3.31. The summed E-state index contributed by atoms with van der Waals surface area (Å²) in [7, 11) is 2.08. The number of carbonyl (C=O) groups excluding carboxylic acids is 1. The molecule has 1 fully saturated rings. The molecular weight excluding hydrogens is 453 g/mol. The van der Waals surface area contributed by atoms with Crippen molar-refractivity contribution in [2.75, 3.05) is 30.4 Å². The summed E-state index contributed by atoms with van der Waals surface area (Å²) in [5.74, 6) is -3.33. The third kappa shape index (κ3) is 8.55. The number of carboxylic acid groups (broad SMARTS) is 2. The number of hydrogen-bond acceptors (Lipinski definition) is 5. The Labute approximate surface area is 195 Å². The van der Waals surface area contributed by atoms with E-state index in [9.17, 15) is 18.8 Å². The Morgan fingerprint density at radius 1 is 1.09 bits per heavy atom. The summed E-state index contributed by atoms with van der Waals surface area (Å²) in [5, 5.41) is 21.9. The van der Waals surface area contributed by atoms with Crippen molar-refractivity contribution < 1.29 is 29.0 Å². The number of piperidine rings is 1. The van der Waals surface area contributed by atoms with Gasteiger partial charge >= 0.3 is 11.9 Å². The van der Waals surface area contributed by atoms with Crippen molar-refractivity contribution in [1.82, 2.24) is 5.32 Å². The molecule has 0 bridgehead atoms. The van der Waals surface area contributed by atoms with Gasteiger partial charge in [-0.1, -0.05) is 17.7 Å². The molecule has 0 unspecified atom stereocenters. The Balaban J connectivity index is 0.000000414. The minimum Gasteiger partial charge on any atom is -0.478 e. The molecular formula is C23H25ClFN3O5. The van der Waals surface area contributed by atoms with Gasteiger partial charge in [-0.15, -0.1) is 0 Å². The predicted octanol–water partition coefficient (Wildman–Crippen LogP) is 3.63. The normalized spacial score (nSPS) is 13.7. The Bertz CT molecular complexity index is 1010. The van der Waals surface area contributed by atoms with Gasteiger partial charge < -0.3 is 25.7 Å². The van der Waals surface area contributed by atoms with E-state index in [2.05, 4.69) is 22.6 Å². The van der Waals surface area contributed by atoms with Gasteiger partial charge in [0.1, 0.15) is 5.82 Å². The number of nitrogens with zero attached hydrogens (tertiary/aromatic N) is 1. The lowest BCUT2D eigenvalue weighted by Gasteiger charge is -2.33. The Morgan fingerprint density at radius 2 is 1.73 bits per heavy atom. The van der Waals surface area contributed by atoms with E-state index in [0.717, 1.165) is 37.7 Å². The van der Waals surface area contributed by atoms with Gasteiger partial charge in [0.15, 0.2) is 0 Å². The molecule has 2 aromatic carbocycles. The Kier molecular flexibility index (Phi) is 9.84. The zero-order chi connectivity index (χ0) is 24.4. The van der Waals surface area contributed by atoms with E-state index < -0.39 is 17.8 Å². The Hall–Kier alpha value is -3.43. The number of anilines is 2. The summed E-state index contributed by atoms with van der Waals surface area (Å²) in [6, 6.07) is 11.9. The molecule has 1 amide bonds. The number of carboxylic acids is 2. The van der Waals surface area contributed by atoms with E-state index in [0.29, 0.717) is 23.9 Å². The number of amides is 1. The summed E-state index contributed by atoms with van der Waals surface area (Å²) in [6.45, 7) is 2.04. The highest BCUT2D eigenvalue weighted by molar-refractivity contribution is 6.34. The van der Waals surface area contributed by atoms with Crippen molar-refractivity contribution in [2.45, 2.75) is 18.9 Å². The van der Waals surface area contributed by atoms with Gasteiger partial charge in [-0.25, -0.2) is 14.0 Å². The number of halogens is 2. The van der Waals surface area contributed by atoms with Crippen LogP contribution in [-0.2, 0) is 9.59 Å². The standard InChI is InChI=1S/C19H21ClFN3O.C4H4O4/c1-24(15-7-9-22-10-8-15)16-4-2-3-14(12-16)23-19(25)17-6-5-13(21)11-18(17)20;5-3(6)1-2-4(7)8/h2-6,11-12,15,22H,7-10H2,1H3,(H,23,25);1-2H,(H,5,6)(H,7,8)/b;2-1+. The molecule has 4 N–H and O–H groups in total. The van der Waals surface area contributed by atoms with E-state index in [4.69, 9.17) is 21.8 Å². The van der Waals surface area contributed by atoms with Crippen LogP contribution in [0.1, 0.15) is 23.2 Å². The second kappa shape index (κ2) is 12.6. The topological polar surface area (TPSA) is 119 Å². The van der Waals surface area contributed by atoms with Crippen LogP contribution in [0, 0.1) is 5.82 Å².